The predicted octanol–water partition coefficient (Wildman–Crippen LogP) is 3.61. The van der Waals surface area contributed by atoms with E-state index in [1.54, 1.807) is 12.3 Å². The maximum atomic E-state index is 13.0. The van der Waals surface area contributed by atoms with Crippen LogP contribution < -0.4 is 11.0 Å². The zero-order valence-electron chi connectivity index (χ0n) is 15.9. The van der Waals surface area contributed by atoms with Crippen LogP contribution in [-0.2, 0) is 6.54 Å². The first-order valence-electron chi connectivity index (χ1n) is 9.51. The van der Waals surface area contributed by atoms with E-state index in [0.29, 0.717) is 13.1 Å². The number of aromatic nitrogens is 2. The van der Waals surface area contributed by atoms with E-state index in [2.05, 4.69) is 22.4 Å². The Morgan fingerprint density at radius 1 is 1.14 bits per heavy atom. The van der Waals surface area contributed by atoms with E-state index in [0.717, 1.165) is 28.3 Å². The van der Waals surface area contributed by atoms with Crippen LogP contribution in [-0.4, -0.2) is 38.5 Å². The van der Waals surface area contributed by atoms with Crippen molar-refractivity contribution in [3.8, 4) is 0 Å². The highest BCUT2D eigenvalue weighted by atomic mass is 32.2. The number of anilines is 1. The van der Waals surface area contributed by atoms with Crippen LogP contribution in [0, 0.1) is 0 Å². The van der Waals surface area contributed by atoms with Crippen molar-refractivity contribution in [2.45, 2.75) is 12.6 Å². The van der Waals surface area contributed by atoms with E-state index in [1.165, 1.54) is 10.8 Å². The number of nitrogens with one attached hydrogen (secondary N) is 1. The van der Waals surface area contributed by atoms with Crippen molar-refractivity contribution >= 4 is 23.5 Å². The Morgan fingerprint density at radius 2 is 2.00 bits per heavy atom. The lowest BCUT2D eigenvalue weighted by atomic mass is 10.1. The molecule has 0 aliphatic carbocycles. The van der Waals surface area contributed by atoms with Crippen LogP contribution >= 0.6 is 11.8 Å². The molecule has 1 aliphatic rings. The van der Waals surface area contributed by atoms with Crippen LogP contribution in [0.15, 0.2) is 77.9 Å². The SMILES string of the molecule is O=C(Nc1cccc(Cn2cccnc2=O)c1)N1CCSCC1c1ccccc1. The Balaban J connectivity index is 1.49. The maximum Gasteiger partial charge on any atom is 0.347 e. The van der Waals surface area contributed by atoms with Gasteiger partial charge in [-0.3, -0.25) is 4.57 Å². The van der Waals surface area contributed by atoms with Crippen molar-refractivity contribution in [2.24, 2.45) is 0 Å². The molecule has 3 aromatic rings. The summed E-state index contributed by atoms with van der Waals surface area (Å²) in [5, 5.41) is 3.03. The van der Waals surface area contributed by atoms with Crippen molar-refractivity contribution in [3.63, 3.8) is 0 Å². The molecular formula is C22H22N4O2S. The number of amides is 2. The van der Waals surface area contributed by atoms with Crippen LogP contribution in [0.25, 0.3) is 0 Å². The molecule has 1 fully saturated rings. The Hall–Kier alpha value is -3.06. The van der Waals surface area contributed by atoms with Gasteiger partial charge in [0.15, 0.2) is 0 Å². The summed E-state index contributed by atoms with van der Waals surface area (Å²) in [6.07, 6.45) is 3.19. The zero-order valence-corrected chi connectivity index (χ0v) is 16.7. The highest BCUT2D eigenvalue weighted by Crippen LogP contribution is 2.30. The zero-order chi connectivity index (χ0) is 20.1. The third-order valence-corrected chi connectivity index (χ3v) is 5.91. The van der Waals surface area contributed by atoms with E-state index >= 15 is 0 Å². The van der Waals surface area contributed by atoms with E-state index in [9.17, 15) is 9.59 Å². The van der Waals surface area contributed by atoms with Crippen LogP contribution in [0.3, 0.4) is 0 Å². The van der Waals surface area contributed by atoms with Crippen LogP contribution in [0.1, 0.15) is 17.2 Å². The third kappa shape index (κ3) is 4.68. The summed E-state index contributed by atoms with van der Waals surface area (Å²) in [5.41, 5.74) is 2.50. The summed E-state index contributed by atoms with van der Waals surface area (Å²) >= 11 is 1.87. The van der Waals surface area contributed by atoms with Gasteiger partial charge in [-0.05, 0) is 29.3 Å². The minimum Gasteiger partial charge on any atom is -0.316 e. The van der Waals surface area contributed by atoms with Gasteiger partial charge in [0, 0.05) is 36.1 Å². The highest BCUT2D eigenvalue weighted by Gasteiger charge is 2.28. The minimum atomic E-state index is -0.293. The van der Waals surface area contributed by atoms with Gasteiger partial charge >= 0.3 is 11.7 Å². The van der Waals surface area contributed by atoms with E-state index in [-0.39, 0.29) is 17.8 Å². The minimum absolute atomic E-state index is 0.0621. The second-order valence-electron chi connectivity index (χ2n) is 6.86. The van der Waals surface area contributed by atoms with Crippen molar-refractivity contribution in [3.05, 3.63) is 94.7 Å². The fourth-order valence-electron chi connectivity index (χ4n) is 3.44. The molecule has 2 amide bonds. The quantitative estimate of drug-likeness (QED) is 0.719. The smallest absolute Gasteiger partial charge is 0.316 e. The molecule has 1 aliphatic heterocycles. The van der Waals surface area contributed by atoms with E-state index in [4.69, 9.17) is 0 Å². The molecule has 0 saturated carbocycles. The molecule has 4 rings (SSSR count). The van der Waals surface area contributed by atoms with Gasteiger partial charge in [-0.25, -0.2) is 14.6 Å². The van der Waals surface area contributed by atoms with Crippen molar-refractivity contribution in [2.75, 3.05) is 23.4 Å². The fraction of sp³-hybridized carbons (Fsp3) is 0.227. The van der Waals surface area contributed by atoms with Gasteiger partial charge < -0.3 is 10.2 Å². The molecule has 7 heteroatoms. The Morgan fingerprint density at radius 3 is 2.83 bits per heavy atom. The average Bonchev–Trinajstić information content (AvgIpc) is 2.76. The molecule has 6 nitrogen and oxygen atoms in total. The van der Waals surface area contributed by atoms with E-state index in [1.807, 2.05) is 59.1 Å². The summed E-state index contributed by atoms with van der Waals surface area (Å²) in [6, 6.07) is 19.4. The number of carbonyl (C=O) groups is 1. The van der Waals surface area contributed by atoms with Crippen LogP contribution in [0.2, 0.25) is 0 Å². The highest BCUT2D eigenvalue weighted by molar-refractivity contribution is 7.99. The van der Waals surface area contributed by atoms with Crippen LogP contribution in [0.4, 0.5) is 10.5 Å². The summed E-state index contributed by atoms with van der Waals surface area (Å²) in [5.74, 6) is 1.82. The van der Waals surface area contributed by atoms with Gasteiger partial charge in [0.1, 0.15) is 0 Å². The molecule has 1 N–H and O–H groups in total. The second-order valence-corrected chi connectivity index (χ2v) is 8.01. The van der Waals surface area contributed by atoms with Gasteiger partial charge in [-0.2, -0.15) is 11.8 Å². The Labute approximate surface area is 173 Å². The standard InChI is InChI=1S/C22H22N4O2S/c27-21-23-10-5-11-25(21)15-17-6-4-9-19(14-17)24-22(28)26-12-13-29-16-20(26)18-7-2-1-3-8-18/h1-11,14,20H,12-13,15-16H2,(H,24,28). The molecule has 148 valence electrons. The van der Waals surface area contributed by atoms with Gasteiger partial charge in [0.2, 0.25) is 0 Å². The predicted molar refractivity (Wildman–Crippen MR) is 116 cm³/mol. The van der Waals surface area contributed by atoms with Gasteiger partial charge in [-0.1, -0.05) is 42.5 Å². The number of benzene rings is 2. The Bertz CT molecular complexity index is 1040. The molecule has 1 aromatic heterocycles. The number of hydrogen-bond acceptors (Lipinski definition) is 4. The lowest BCUT2D eigenvalue weighted by Gasteiger charge is -2.35. The van der Waals surface area contributed by atoms with Gasteiger partial charge in [-0.15, -0.1) is 0 Å². The first-order chi connectivity index (χ1) is 14.2. The lowest BCUT2D eigenvalue weighted by molar-refractivity contribution is 0.196. The average molecular weight is 407 g/mol. The van der Waals surface area contributed by atoms with Crippen molar-refractivity contribution in [1.29, 1.82) is 0 Å². The molecule has 1 unspecified atom stereocenters. The summed E-state index contributed by atoms with van der Waals surface area (Å²) in [7, 11) is 0. The number of urea groups is 1. The first-order valence-corrected chi connectivity index (χ1v) is 10.7. The molecule has 0 radical (unpaired) electrons. The first kappa shape index (κ1) is 19.3. The fourth-order valence-corrected chi connectivity index (χ4v) is 4.53. The normalized spacial score (nSPS) is 16.4. The van der Waals surface area contributed by atoms with Gasteiger partial charge in [0.05, 0.1) is 12.6 Å². The number of carbonyl (C=O) groups excluding carboxylic acids is 1. The molecule has 0 spiro atoms. The van der Waals surface area contributed by atoms with E-state index < -0.39 is 0 Å². The largest absolute Gasteiger partial charge is 0.347 e. The Kier molecular flexibility index (Phi) is 5.95. The summed E-state index contributed by atoms with van der Waals surface area (Å²) in [6.45, 7) is 1.12. The number of nitrogens with zero attached hydrogens (tertiary/aromatic N) is 3. The monoisotopic (exact) mass is 406 g/mol. The maximum absolute atomic E-state index is 13.0. The summed E-state index contributed by atoms with van der Waals surface area (Å²) in [4.78, 5) is 30.5. The number of hydrogen-bond donors (Lipinski definition) is 1. The lowest BCUT2D eigenvalue weighted by Crippen LogP contribution is -2.43. The molecule has 2 heterocycles. The topological polar surface area (TPSA) is 67.2 Å². The number of thioether (sulfide) groups is 1. The molecule has 2 aromatic carbocycles. The third-order valence-electron chi connectivity index (χ3n) is 4.89. The molecule has 1 saturated heterocycles. The molecule has 0 bridgehead atoms. The molecule has 1 atom stereocenters. The van der Waals surface area contributed by atoms with Crippen molar-refractivity contribution in [1.82, 2.24) is 14.5 Å². The second kappa shape index (κ2) is 8.96. The summed E-state index contributed by atoms with van der Waals surface area (Å²) < 4.78 is 1.54. The van der Waals surface area contributed by atoms with Gasteiger partial charge in [0.25, 0.3) is 0 Å². The molecule has 29 heavy (non-hydrogen) atoms. The number of rotatable bonds is 4. The molecular weight excluding hydrogens is 384 g/mol. The van der Waals surface area contributed by atoms with Crippen LogP contribution in [0.5, 0.6) is 0 Å². The van der Waals surface area contributed by atoms with Crippen molar-refractivity contribution < 1.29 is 4.79 Å².